The van der Waals surface area contributed by atoms with Crippen molar-refractivity contribution in [1.82, 2.24) is 14.8 Å². The van der Waals surface area contributed by atoms with E-state index in [1.54, 1.807) is 0 Å². The molecular formula is C15H19N3O2S. The van der Waals surface area contributed by atoms with Gasteiger partial charge in [0.05, 0.1) is 13.2 Å². The minimum Gasteiger partial charge on any atom is -0.490 e. The summed E-state index contributed by atoms with van der Waals surface area (Å²) in [5.41, 5.74) is 2.36. The van der Waals surface area contributed by atoms with E-state index in [2.05, 4.69) is 30.1 Å². The number of benzene rings is 1. The van der Waals surface area contributed by atoms with Gasteiger partial charge in [-0.25, -0.2) is 0 Å². The average molecular weight is 305 g/mol. The maximum atomic E-state index is 5.76. The minimum atomic E-state index is 0.666. The topological polar surface area (TPSA) is 52.1 Å². The molecule has 0 amide bonds. The number of H-pyrrole nitrogens is 1. The van der Waals surface area contributed by atoms with E-state index in [0.29, 0.717) is 18.0 Å². The number of fused-ring (bicyclic) bond motifs is 1. The van der Waals surface area contributed by atoms with Crippen LogP contribution in [0.2, 0.25) is 0 Å². The Morgan fingerprint density at radius 2 is 2.00 bits per heavy atom. The number of nitrogens with zero attached hydrogens (tertiary/aromatic N) is 2. The highest BCUT2D eigenvalue weighted by molar-refractivity contribution is 7.71. The number of rotatable bonds is 3. The zero-order valence-corrected chi connectivity index (χ0v) is 13.1. The van der Waals surface area contributed by atoms with Crippen molar-refractivity contribution in [3.05, 3.63) is 33.9 Å². The van der Waals surface area contributed by atoms with Crippen LogP contribution < -0.4 is 9.47 Å². The molecule has 2 aromatic rings. The van der Waals surface area contributed by atoms with Crippen molar-refractivity contribution in [3.8, 4) is 11.5 Å². The van der Waals surface area contributed by atoms with E-state index in [1.165, 1.54) is 11.1 Å². The Morgan fingerprint density at radius 1 is 1.29 bits per heavy atom. The highest BCUT2D eigenvalue weighted by Crippen LogP contribution is 2.33. The van der Waals surface area contributed by atoms with Crippen LogP contribution in [0.5, 0.6) is 11.5 Å². The van der Waals surface area contributed by atoms with Gasteiger partial charge in [0.15, 0.2) is 16.3 Å². The summed E-state index contributed by atoms with van der Waals surface area (Å²) >= 11 is 5.24. The van der Waals surface area contributed by atoms with Crippen LogP contribution >= 0.6 is 12.2 Å². The smallest absolute Gasteiger partial charge is 0.195 e. The molecule has 2 heterocycles. The lowest BCUT2D eigenvalue weighted by Gasteiger charge is -2.12. The molecule has 0 saturated carbocycles. The van der Waals surface area contributed by atoms with Gasteiger partial charge >= 0.3 is 0 Å². The summed E-state index contributed by atoms with van der Waals surface area (Å²) in [5.74, 6) is 2.61. The van der Waals surface area contributed by atoms with Crippen LogP contribution in [0.1, 0.15) is 30.3 Å². The second-order valence-electron chi connectivity index (χ2n) is 5.14. The van der Waals surface area contributed by atoms with Crippen LogP contribution in [0, 0.1) is 11.7 Å². The second kappa shape index (κ2) is 5.89. The van der Waals surface area contributed by atoms with Crippen molar-refractivity contribution in [2.45, 2.75) is 33.2 Å². The van der Waals surface area contributed by atoms with Crippen molar-refractivity contribution in [2.75, 3.05) is 13.2 Å². The van der Waals surface area contributed by atoms with Crippen LogP contribution in [0.25, 0.3) is 0 Å². The number of aromatic nitrogens is 3. The predicted octanol–water partition coefficient (Wildman–Crippen LogP) is 3.02. The molecule has 0 atom stereocenters. The van der Waals surface area contributed by atoms with Crippen molar-refractivity contribution < 1.29 is 9.47 Å². The molecule has 0 aliphatic carbocycles. The van der Waals surface area contributed by atoms with Gasteiger partial charge in [0, 0.05) is 19.4 Å². The molecule has 0 radical (unpaired) electrons. The van der Waals surface area contributed by atoms with E-state index in [4.69, 9.17) is 21.7 Å². The van der Waals surface area contributed by atoms with Crippen molar-refractivity contribution >= 4 is 12.2 Å². The third-order valence-corrected chi connectivity index (χ3v) is 4.02. The maximum absolute atomic E-state index is 5.76. The van der Waals surface area contributed by atoms with Gasteiger partial charge in [-0.2, -0.15) is 5.10 Å². The molecule has 21 heavy (non-hydrogen) atoms. The van der Waals surface area contributed by atoms with Gasteiger partial charge in [0.25, 0.3) is 0 Å². The first kappa shape index (κ1) is 14.1. The Hall–Kier alpha value is -1.82. The number of aromatic amines is 1. The summed E-state index contributed by atoms with van der Waals surface area (Å²) in [6.07, 6.45) is 1.64. The van der Waals surface area contributed by atoms with Gasteiger partial charge in [-0.15, -0.1) is 0 Å². The Labute approximate surface area is 128 Å². The summed E-state index contributed by atoms with van der Waals surface area (Å²) < 4.78 is 14.2. The fraction of sp³-hybridized carbons (Fsp3) is 0.467. The average Bonchev–Trinajstić information content (AvgIpc) is 2.67. The first-order chi connectivity index (χ1) is 10.2. The van der Waals surface area contributed by atoms with Crippen LogP contribution in [-0.2, 0) is 13.0 Å². The summed E-state index contributed by atoms with van der Waals surface area (Å²) in [7, 11) is 0. The normalized spacial score (nSPS) is 14.0. The largest absolute Gasteiger partial charge is 0.490 e. The summed E-state index contributed by atoms with van der Waals surface area (Å²) in [6.45, 7) is 6.37. The Morgan fingerprint density at radius 3 is 2.71 bits per heavy atom. The SMILES string of the molecule is CCn1c(Cc2cc3c(cc2C)OCCCO3)n[nH]c1=S. The quantitative estimate of drug-likeness (QED) is 0.886. The summed E-state index contributed by atoms with van der Waals surface area (Å²) in [5, 5.41) is 7.19. The van der Waals surface area contributed by atoms with Crippen LogP contribution in [-0.4, -0.2) is 28.0 Å². The van der Waals surface area contributed by atoms with Crippen LogP contribution in [0.3, 0.4) is 0 Å². The highest BCUT2D eigenvalue weighted by Gasteiger charge is 2.15. The molecule has 3 rings (SSSR count). The summed E-state index contributed by atoms with van der Waals surface area (Å²) in [6, 6.07) is 4.11. The number of ether oxygens (including phenoxy) is 2. The zero-order chi connectivity index (χ0) is 14.8. The third-order valence-electron chi connectivity index (χ3n) is 3.71. The van der Waals surface area contributed by atoms with Crippen molar-refractivity contribution in [3.63, 3.8) is 0 Å². The lowest BCUT2D eigenvalue weighted by molar-refractivity contribution is 0.297. The number of hydrogen-bond acceptors (Lipinski definition) is 4. The number of aryl methyl sites for hydroxylation is 1. The number of nitrogens with one attached hydrogen (secondary N) is 1. The molecule has 0 unspecified atom stereocenters. The lowest BCUT2D eigenvalue weighted by atomic mass is 10.0. The minimum absolute atomic E-state index is 0.666. The van der Waals surface area contributed by atoms with Gasteiger partial charge in [0.2, 0.25) is 0 Å². The Kier molecular flexibility index (Phi) is 3.96. The Bertz CT molecular complexity index is 705. The molecular weight excluding hydrogens is 286 g/mol. The molecule has 1 N–H and O–H groups in total. The molecule has 0 spiro atoms. The molecule has 5 nitrogen and oxygen atoms in total. The van der Waals surface area contributed by atoms with E-state index in [0.717, 1.165) is 36.7 Å². The van der Waals surface area contributed by atoms with Crippen molar-refractivity contribution in [1.29, 1.82) is 0 Å². The summed E-state index contributed by atoms with van der Waals surface area (Å²) in [4.78, 5) is 0. The van der Waals surface area contributed by atoms with Gasteiger partial charge in [0.1, 0.15) is 5.82 Å². The van der Waals surface area contributed by atoms with E-state index in [9.17, 15) is 0 Å². The monoisotopic (exact) mass is 305 g/mol. The van der Waals surface area contributed by atoms with E-state index in [1.807, 2.05) is 10.6 Å². The van der Waals surface area contributed by atoms with Crippen molar-refractivity contribution in [2.24, 2.45) is 0 Å². The van der Waals surface area contributed by atoms with Gasteiger partial charge in [-0.05, 0) is 49.3 Å². The van der Waals surface area contributed by atoms with Gasteiger partial charge in [-0.1, -0.05) is 0 Å². The molecule has 1 aromatic carbocycles. The zero-order valence-electron chi connectivity index (χ0n) is 12.3. The fourth-order valence-electron chi connectivity index (χ4n) is 2.52. The second-order valence-corrected chi connectivity index (χ2v) is 5.53. The fourth-order valence-corrected chi connectivity index (χ4v) is 2.80. The van der Waals surface area contributed by atoms with E-state index >= 15 is 0 Å². The molecule has 0 bridgehead atoms. The lowest BCUT2D eigenvalue weighted by Crippen LogP contribution is -2.04. The van der Waals surface area contributed by atoms with E-state index in [-0.39, 0.29) is 0 Å². The molecule has 6 heteroatoms. The third kappa shape index (κ3) is 2.81. The molecule has 1 aliphatic rings. The molecule has 0 fully saturated rings. The maximum Gasteiger partial charge on any atom is 0.195 e. The number of hydrogen-bond donors (Lipinski definition) is 1. The van der Waals surface area contributed by atoms with Gasteiger partial charge < -0.3 is 14.0 Å². The first-order valence-corrected chi connectivity index (χ1v) is 7.63. The highest BCUT2D eigenvalue weighted by atomic mass is 32.1. The molecule has 1 aromatic heterocycles. The van der Waals surface area contributed by atoms with Crippen LogP contribution in [0.15, 0.2) is 12.1 Å². The molecule has 112 valence electrons. The van der Waals surface area contributed by atoms with E-state index < -0.39 is 0 Å². The van der Waals surface area contributed by atoms with Gasteiger partial charge in [-0.3, -0.25) is 5.10 Å². The Balaban J connectivity index is 1.95. The predicted molar refractivity (Wildman–Crippen MR) is 82.7 cm³/mol. The van der Waals surface area contributed by atoms with Crippen LogP contribution in [0.4, 0.5) is 0 Å². The standard InChI is InChI=1S/C15H19N3O2S/c1-3-18-14(16-17-15(18)21)9-11-8-13-12(7-10(11)2)19-5-4-6-20-13/h7-8H,3-6,9H2,1-2H3,(H,17,21). The molecule has 1 aliphatic heterocycles. The first-order valence-electron chi connectivity index (χ1n) is 7.22. The molecule has 0 saturated heterocycles.